The van der Waals surface area contributed by atoms with Gasteiger partial charge in [-0.3, -0.25) is 4.99 Å². The zero-order chi connectivity index (χ0) is 7.98. The summed E-state index contributed by atoms with van der Waals surface area (Å²) in [7, 11) is 0. The lowest BCUT2D eigenvalue weighted by Gasteiger charge is -2.07. The van der Waals surface area contributed by atoms with Crippen molar-refractivity contribution in [2.24, 2.45) is 10.7 Å². The summed E-state index contributed by atoms with van der Waals surface area (Å²) in [5, 5.41) is 11.3. The van der Waals surface area contributed by atoms with E-state index in [9.17, 15) is 0 Å². The van der Waals surface area contributed by atoms with Crippen LogP contribution in [-0.2, 0) is 0 Å². The first-order valence-corrected chi connectivity index (χ1v) is 3.34. The smallest absolute Gasteiger partial charge is 0.188 e. The molecule has 4 N–H and O–H groups in total. The second-order valence-corrected chi connectivity index (χ2v) is 2.29. The molecule has 4 heteroatoms. The summed E-state index contributed by atoms with van der Waals surface area (Å²) in [5.74, 6) is 0.393. The van der Waals surface area contributed by atoms with Gasteiger partial charge in [0.1, 0.15) is 0 Å². The molecule has 60 valence electrons. The first-order valence-electron chi connectivity index (χ1n) is 3.34. The van der Waals surface area contributed by atoms with Crippen molar-refractivity contribution in [2.75, 3.05) is 13.2 Å². The topological polar surface area (TPSA) is 70.6 Å². The highest BCUT2D eigenvalue weighted by atomic mass is 16.3. The maximum Gasteiger partial charge on any atom is 0.188 e. The molecule has 0 aromatic carbocycles. The number of aliphatic imine (C=N–C) groups is 1. The number of aliphatic hydroxyl groups excluding tert-OH is 1. The van der Waals surface area contributed by atoms with E-state index in [2.05, 4.69) is 10.3 Å². The Morgan fingerprint density at radius 2 is 2.30 bits per heavy atom. The van der Waals surface area contributed by atoms with Gasteiger partial charge in [0.15, 0.2) is 5.96 Å². The van der Waals surface area contributed by atoms with E-state index in [0.717, 1.165) is 0 Å². The molecule has 0 spiro atoms. The van der Waals surface area contributed by atoms with Gasteiger partial charge in [-0.2, -0.15) is 0 Å². The van der Waals surface area contributed by atoms with Crippen LogP contribution in [0.3, 0.4) is 0 Å². The molecule has 0 atom stereocenters. The summed E-state index contributed by atoms with van der Waals surface area (Å²) in [6.45, 7) is 4.36. The SMILES string of the molecule is CC(C)NC(N)=NCCO. The summed E-state index contributed by atoms with van der Waals surface area (Å²) in [5.41, 5.74) is 5.39. The number of rotatable bonds is 3. The Kier molecular flexibility index (Phi) is 4.66. The Bertz CT molecular complexity index is 112. The summed E-state index contributed by atoms with van der Waals surface area (Å²) in [6, 6.07) is 0.294. The largest absolute Gasteiger partial charge is 0.394 e. The van der Waals surface area contributed by atoms with Gasteiger partial charge in [-0.1, -0.05) is 0 Å². The number of nitrogens with two attached hydrogens (primary N) is 1. The molecule has 0 fully saturated rings. The third-order valence-electron chi connectivity index (χ3n) is 0.819. The van der Waals surface area contributed by atoms with E-state index in [1.165, 1.54) is 0 Å². The average Bonchev–Trinajstić information content (AvgIpc) is 1.82. The maximum absolute atomic E-state index is 8.36. The maximum atomic E-state index is 8.36. The summed E-state index contributed by atoms with van der Waals surface area (Å²) in [6.07, 6.45) is 0. The van der Waals surface area contributed by atoms with Crippen molar-refractivity contribution in [1.29, 1.82) is 0 Å². The van der Waals surface area contributed by atoms with Crippen LogP contribution in [0.25, 0.3) is 0 Å². The van der Waals surface area contributed by atoms with E-state index in [0.29, 0.717) is 18.5 Å². The fourth-order valence-corrected chi connectivity index (χ4v) is 0.512. The minimum atomic E-state index is 0.0421. The van der Waals surface area contributed by atoms with Gasteiger partial charge in [-0.25, -0.2) is 0 Å². The van der Waals surface area contributed by atoms with Gasteiger partial charge in [-0.05, 0) is 13.8 Å². The van der Waals surface area contributed by atoms with Gasteiger partial charge in [0.2, 0.25) is 0 Å². The van der Waals surface area contributed by atoms with Crippen LogP contribution in [0.5, 0.6) is 0 Å². The fraction of sp³-hybridized carbons (Fsp3) is 0.833. The van der Waals surface area contributed by atoms with Gasteiger partial charge in [0.05, 0.1) is 13.2 Å². The van der Waals surface area contributed by atoms with Crippen LogP contribution in [0.4, 0.5) is 0 Å². The molecule has 0 aromatic heterocycles. The van der Waals surface area contributed by atoms with Crippen molar-refractivity contribution < 1.29 is 5.11 Å². The lowest BCUT2D eigenvalue weighted by atomic mass is 10.4. The molecule has 10 heavy (non-hydrogen) atoms. The molecule has 0 bridgehead atoms. The van der Waals surface area contributed by atoms with Gasteiger partial charge in [-0.15, -0.1) is 0 Å². The Labute approximate surface area is 61.1 Å². The quantitative estimate of drug-likeness (QED) is 0.363. The Morgan fingerprint density at radius 1 is 1.70 bits per heavy atom. The average molecular weight is 145 g/mol. The van der Waals surface area contributed by atoms with E-state index in [1.807, 2.05) is 13.8 Å². The predicted molar refractivity (Wildman–Crippen MR) is 41.8 cm³/mol. The van der Waals surface area contributed by atoms with Crippen LogP contribution >= 0.6 is 0 Å². The van der Waals surface area contributed by atoms with E-state index >= 15 is 0 Å². The minimum absolute atomic E-state index is 0.0421. The molecule has 0 saturated carbocycles. The van der Waals surface area contributed by atoms with E-state index in [-0.39, 0.29) is 6.61 Å². The fourth-order valence-electron chi connectivity index (χ4n) is 0.512. The van der Waals surface area contributed by atoms with Crippen LogP contribution in [-0.4, -0.2) is 30.3 Å². The molecule has 0 heterocycles. The van der Waals surface area contributed by atoms with Crippen molar-refractivity contribution in [2.45, 2.75) is 19.9 Å². The molecule has 0 amide bonds. The van der Waals surface area contributed by atoms with Crippen molar-refractivity contribution >= 4 is 5.96 Å². The van der Waals surface area contributed by atoms with Crippen molar-refractivity contribution in [3.8, 4) is 0 Å². The number of nitrogens with zero attached hydrogens (tertiary/aromatic N) is 1. The highest BCUT2D eigenvalue weighted by Crippen LogP contribution is 1.75. The molecule has 0 radical (unpaired) electrons. The number of hydrogen-bond acceptors (Lipinski definition) is 2. The molecule has 0 saturated heterocycles. The van der Waals surface area contributed by atoms with Crippen LogP contribution in [0.2, 0.25) is 0 Å². The standard InChI is InChI=1S/C6H15N3O/c1-5(2)9-6(7)8-3-4-10/h5,10H,3-4H2,1-2H3,(H3,7,8,9). The van der Waals surface area contributed by atoms with Crippen molar-refractivity contribution in [3.63, 3.8) is 0 Å². The van der Waals surface area contributed by atoms with Crippen LogP contribution in [0.15, 0.2) is 4.99 Å². The third-order valence-corrected chi connectivity index (χ3v) is 0.819. The molecule has 0 aliphatic heterocycles. The second-order valence-electron chi connectivity index (χ2n) is 2.29. The number of guanidine groups is 1. The van der Waals surface area contributed by atoms with Gasteiger partial charge >= 0.3 is 0 Å². The third kappa shape index (κ3) is 5.37. The molecule has 0 unspecified atom stereocenters. The zero-order valence-electron chi connectivity index (χ0n) is 6.46. The Balaban J connectivity index is 3.49. The van der Waals surface area contributed by atoms with E-state index in [1.54, 1.807) is 0 Å². The molecular weight excluding hydrogens is 130 g/mol. The lowest BCUT2D eigenvalue weighted by molar-refractivity contribution is 0.306. The van der Waals surface area contributed by atoms with Crippen molar-refractivity contribution in [1.82, 2.24) is 5.32 Å². The summed E-state index contributed by atoms with van der Waals surface area (Å²) < 4.78 is 0. The summed E-state index contributed by atoms with van der Waals surface area (Å²) in [4.78, 5) is 3.82. The number of hydrogen-bond donors (Lipinski definition) is 3. The van der Waals surface area contributed by atoms with E-state index < -0.39 is 0 Å². The first-order chi connectivity index (χ1) is 4.66. The van der Waals surface area contributed by atoms with Crippen LogP contribution < -0.4 is 11.1 Å². The predicted octanol–water partition coefficient (Wildman–Crippen LogP) is -0.709. The Morgan fingerprint density at radius 3 is 2.70 bits per heavy atom. The monoisotopic (exact) mass is 145 g/mol. The van der Waals surface area contributed by atoms with E-state index in [4.69, 9.17) is 10.8 Å². The minimum Gasteiger partial charge on any atom is -0.394 e. The number of nitrogens with one attached hydrogen (secondary N) is 1. The number of aliphatic hydroxyl groups is 1. The molecule has 4 nitrogen and oxygen atoms in total. The molecule has 0 rings (SSSR count). The molecule has 0 aliphatic carbocycles. The van der Waals surface area contributed by atoms with Crippen molar-refractivity contribution in [3.05, 3.63) is 0 Å². The van der Waals surface area contributed by atoms with Crippen LogP contribution in [0.1, 0.15) is 13.8 Å². The van der Waals surface area contributed by atoms with Gasteiger partial charge < -0.3 is 16.2 Å². The molecule has 0 aliphatic rings. The zero-order valence-corrected chi connectivity index (χ0v) is 6.46. The lowest BCUT2D eigenvalue weighted by Crippen LogP contribution is -2.36. The highest BCUT2D eigenvalue weighted by molar-refractivity contribution is 5.77. The Hall–Kier alpha value is -0.770. The normalized spacial score (nSPS) is 12.2. The van der Waals surface area contributed by atoms with Gasteiger partial charge in [0.25, 0.3) is 0 Å². The van der Waals surface area contributed by atoms with Crippen LogP contribution in [0, 0.1) is 0 Å². The molecule has 0 aromatic rings. The highest BCUT2D eigenvalue weighted by Gasteiger charge is 1.92. The van der Waals surface area contributed by atoms with Gasteiger partial charge in [0, 0.05) is 6.04 Å². The summed E-state index contributed by atoms with van der Waals surface area (Å²) >= 11 is 0. The molecular formula is C6H15N3O. The second kappa shape index (κ2) is 5.05. The first kappa shape index (κ1) is 9.23.